The molecule has 0 saturated carbocycles. The topological polar surface area (TPSA) is 21.3 Å². The average Bonchev–Trinajstić information content (AvgIpc) is 2.53. The fourth-order valence-corrected chi connectivity index (χ4v) is 2.88. The summed E-state index contributed by atoms with van der Waals surface area (Å²) in [6, 6.07) is 13.4. The molecule has 114 valence electrons. The number of benzene rings is 2. The smallest absolute Gasteiger partial charge is 0.119 e. The lowest BCUT2D eigenvalue weighted by Gasteiger charge is -2.17. The summed E-state index contributed by atoms with van der Waals surface area (Å²) in [4.78, 5) is 0. The lowest BCUT2D eigenvalue weighted by atomic mass is 9.96. The Morgan fingerprint density at radius 2 is 2.00 bits per heavy atom. The summed E-state index contributed by atoms with van der Waals surface area (Å²) in [5, 5.41) is 6.07. The van der Waals surface area contributed by atoms with Crippen LogP contribution < -0.4 is 10.1 Å². The first-order valence-corrected chi connectivity index (χ1v) is 8.01. The summed E-state index contributed by atoms with van der Waals surface area (Å²) in [6.45, 7) is 2.26. The van der Waals surface area contributed by atoms with Gasteiger partial charge in [-0.15, -0.1) is 0 Å². The fraction of sp³-hybridized carbons (Fsp3) is 0.474. The Morgan fingerprint density at radius 3 is 2.71 bits per heavy atom. The first kappa shape index (κ1) is 15.8. The molecule has 0 heterocycles. The maximum atomic E-state index is 5.37. The van der Waals surface area contributed by atoms with E-state index in [1.807, 2.05) is 6.07 Å². The number of rotatable bonds is 8. The van der Waals surface area contributed by atoms with Crippen LogP contribution in [0.3, 0.4) is 0 Å². The van der Waals surface area contributed by atoms with Gasteiger partial charge in [0.2, 0.25) is 0 Å². The van der Waals surface area contributed by atoms with Crippen LogP contribution in [-0.2, 0) is 6.42 Å². The van der Waals surface area contributed by atoms with Gasteiger partial charge in [0.15, 0.2) is 0 Å². The van der Waals surface area contributed by atoms with Gasteiger partial charge in [-0.25, -0.2) is 0 Å². The van der Waals surface area contributed by atoms with Crippen LogP contribution in [0, 0.1) is 0 Å². The van der Waals surface area contributed by atoms with Gasteiger partial charge in [-0.1, -0.05) is 50.5 Å². The predicted octanol–water partition coefficient (Wildman–Crippen LogP) is 4.56. The van der Waals surface area contributed by atoms with E-state index >= 15 is 0 Å². The number of ether oxygens (including phenoxy) is 1. The van der Waals surface area contributed by atoms with E-state index in [1.165, 1.54) is 42.0 Å². The van der Waals surface area contributed by atoms with Crippen LogP contribution in [-0.4, -0.2) is 20.2 Å². The summed E-state index contributed by atoms with van der Waals surface area (Å²) >= 11 is 0. The van der Waals surface area contributed by atoms with E-state index in [4.69, 9.17) is 4.74 Å². The van der Waals surface area contributed by atoms with Crippen molar-refractivity contribution in [3.63, 3.8) is 0 Å². The van der Waals surface area contributed by atoms with Crippen molar-refractivity contribution in [3.8, 4) is 5.75 Å². The molecular formula is C19H27NO. The number of likely N-dealkylation sites (N-methyl/N-ethyl adjacent to an activating group) is 1. The number of hydrogen-bond donors (Lipinski definition) is 1. The summed E-state index contributed by atoms with van der Waals surface area (Å²) in [6.07, 6.45) is 6.22. The van der Waals surface area contributed by atoms with Gasteiger partial charge in [0, 0.05) is 6.04 Å². The number of fused-ring (bicyclic) bond motifs is 1. The second kappa shape index (κ2) is 8.04. The second-order valence-corrected chi connectivity index (χ2v) is 5.69. The van der Waals surface area contributed by atoms with Crippen LogP contribution in [0.15, 0.2) is 36.4 Å². The zero-order valence-electron chi connectivity index (χ0n) is 13.5. The minimum Gasteiger partial charge on any atom is -0.497 e. The van der Waals surface area contributed by atoms with Crippen LogP contribution in [0.25, 0.3) is 10.8 Å². The second-order valence-electron chi connectivity index (χ2n) is 5.69. The monoisotopic (exact) mass is 285 g/mol. The van der Waals surface area contributed by atoms with Crippen molar-refractivity contribution in [3.05, 3.63) is 42.0 Å². The first-order chi connectivity index (χ1) is 10.3. The van der Waals surface area contributed by atoms with Crippen LogP contribution in [0.2, 0.25) is 0 Å². The Balaban J connectivity index is 2.19. The number of unbranched alkanes of at least 4 members (excludes halogenated alkanes) is 2. The summed E-state index contributed by atoms with van der Waals surface area (Å²) in [5.41, 5.74) is 1.40. The first-order valence-electron chi connectivity index (χ1n) is 8.01. The molecule has 0 spiro atoms. The third kappa shape index (κ3) is 4.21. The molecule has 0 aliphatic heterocycles. The molecular weight excluding hydrogens is 258 g/mol. The highest BCUT2D eigenvalue weighted by atomic mass is 16.5. The molecule has 0 bridgehead atoms. The highest BCUT2D eigenvalue weighted by Crippen LogP contribution is 2.25. The largest absolute Gasteiger partial charge is 0.497 e. The van der Waals surface area contributed by atoms with E-state index < -0.39 is 0 Å². The van der Waals surface area contributed by atoms with Crippen molar-refractivity contribution < 1.29 is 4.74 Å². The average molecular weight is 285 g/mol. The third-order valence-corrected chi connectivity index (χ3v) is 4.21. The molecule has 0 aromatic heterocycles. The molecule has 0 saturated heterocycles. The lowest BCUT2D eigenvalue weighted by Crippen LogP contribution is -2.27. The van der Waals surface area contributed by atoms with Crippen molar-refractivity contribution in [1.29, 1.82) is 0 Å². The van der Waals surface area contributed by atoms with Crippen LogP contribution in [0.4, 0.5) is 0 Å². The van der Waals surface area contributed by atoms with E-state index in [0.717, 1.165) is 12.2 Å². The van der Waals surface area contributed by atoms with Crippen LogP contribution >= 0.6 is 0 Å². The molecule has 2 aromatic rings. The molecule has 2 aromatic carbocycles. The Hall–Kier alpha value is -1.54. The minimum absolute atomic E-state index is 0.549. The van der Waals surface area contributed by atoms with E-state index in [9.17, 15) is 0 Å². The van der Waals surface area contributed by atoms with Crippen molar-refractivity contribution in [2.24, 2.45) is 0 Å². The lowest BCUT2D eigenvalue weighted by molar-refractivity contribution is 0.415. The van der Waals surface area contributed by atoms with E-state index in [1.54, 1.807) is 7.11 Å². The van der Waals surface area contributed by atoms with Crippen LogP contribution in [0.1, 0.15) is 38.2 Å². The molecule has 0 amide bonds. The van der Waals surface area contributed by atoms with Gasteiger partial charge in [-0.3, -0.25) is 0 Å². The number of methoxy groups -OCH3 is 1. The molecule has 1 atom stereocenters. The maximum Gasteiger partial charge on any atom is 0.119 e. The molecule has 2 nitrogen and oxygen atoms in total. The molecule has 2 rings (SSSR count). The molecule has 0 fully saturated rings. The van der Waals surface area contributed by atoms with Gasteiger partial charge in [-0.05, 0) is 48.4 Å². The summed E-state index contributed by atoms with van der Waals surface area (Å²) in [5.74, 6) is 0.932. The molecule has 0 aliphatic rings. The van der Waals surface area contributed by atoms with Gasteiger partial charge in [0.1, 0.15) is 5.75 Å². The van der Waals surface area contributed by atoms with Crippen molar-refractivity contribution >= 4 is 10.8 Å². The van der Waals surface area contributed by atoms with Gasteiger partial charge < -0.3 is 10.1 Å². The molecule has 0 radical (unpaired) electrons. The van der Waals surface area contributed by atoms with Crippen LogP contribution in [0.5, 0.6) is 5.75 Å². The molecule has 21 heavy (non-hydrogen) atoms. The normalized spacial score (nSPS) is 12.5. The molecule has 1 N–H and O–H groups in total. The Bertz CT molecular complexity index is 564. The summed E-state index contributed by atoms with van der Waals surface area (Å²) < 4.78 is 5.37. The molecule has 0 aliphatic carbocycles. The van der Waals surface area contributed by atoms with Crippen molar-refractivity contribution in [2.45, 2.75) is 45.1 Å². The highest BCUT2D eigenvalue weighted by molar-refractivity contribution is 5.87. The summed E-state index contributed by atoms with van der Waals surface area (Å²) in [7, 11) is 3.80. The van der Waals surface area contributed by atoms with Gasteiger partial charge in [-0.2, -0.15) is 0 Å². The van der Waals surface area contributed by atoms with E-state index in [-0.39, 0.29) is 0 Å². The molecule has 1 unspecified atom stereocenters. The Labute approximate surface area is 128 Å². The van der Waals surface area contributed by atoms with E-state index in [2.05, 4.69) is 49.6 Å². The van der Waals surface area contributed by atoms with Gasteiger partial charge in [0.25, 0.3) is 0 Å². The third-order valence-electron chi connectivity index (χ3n) is 4.21. The Morgan fingerprint density at radius 1 is 1.14 bits per heavy atom. The number of hydrogen-bond acceptors (Lipinski definition) is 2. The standard InChI is InChI=1S/C19H27NO/c1-4-5-6-10-17(20-2)13-16-9-7-8-15-11-12-18(21-3)14-19(15)16/h7-9,11-12,14,17,20H,4-6,10,13H2,1-3H3. The SMILES string of the molecule is CCCCCC(Cc1cccc2ccc(OC)cc12)NC. The van der Waals surface area contributed by atoms with Crippen molar-refractivity contribution in [2.75, 3.05) is 14.2 Å². The maximum absolute atomic E-state index is 5.37. The predicted molar refractivity (Wildman–Crippen MR) is 91.2 cm³/mol. The molecule has 2 heteroatoms. The zero-order valence-corrected chi connectivity index (χ0v) is 13.5. The fourth-order valence-electron chi connectivity index (χ4n) is 2.88. The van der Waals surface area contributed by atoms with E-state index in [0.29, 0.717) is 6.04 Å². The quantitative estimate of drug-likeness (QED) is 0.718. The minimum atomic E-state index is 0.549. The van der Waals surface area contributed by atoms with Gasteiger partial charge >= 0.3 is 0 Å². The van der Waals surface area contributed by atoms with Crippen molar-refractivity contribution in [1.82, 2.24) is 5.32 Å². The zero-order chi connectivity index (χ0) is 15.1. The van der Waals surface area contributed by atoms with Gasteiger partial charge in [0.05, 0.1) is 7.11 Å². The number of nitrogens with one attached hydrogen (secondary N) is 1. The highest BCUT2D eigenvalue weighted by Gasteiger charge is 2.10. The Kier molecular flexibility index (Phi) is 6.06.